The number of imidazole rings is 1. The van der Waals surface area contributed by atoms with Crippen molar-refractivity contribution in [1.29, 1.82) is 0 Å². The Kier molecular flexibility index (Phi) is 6.24. The van der Waals surface area contributed by atoms with Crippen molar-refractivity contribution in [3.05, 3.63) is 99.7 Å². The van der Waals surface area contributed by atoms with Gasteiger partial charge in [0.15, 0.2) is 0 Å². The van der Waals surface area contributed by atoms with Gasteiger partial charge in [-0.1, -0.05) is 17.7 Å². The van der Waals surface area contributed by atoms with Crippen molar-refractivity contribution in [3.8, 4) is 28.1 Å². The van der Waals surface area contributed by atoms with Gasteiger partial charge < -0.3 is 19.6 Å². The molecule has 6 aromatic rings. The highest BCUT2D eigenvalue weighted by Gasteiger charge is 2.28. The van der Waals surface area contributed by atoms with Gasteiger partial charge in [-0.3, -0.25) is 4.79 Å². The molecular formula is C27H20Cl2N8O3. The summed E-state index contributed by atoms with van der Waals surface area (Å²) in [5.41, 5.74) is 5.44. The molecule has 4 aromatic heterocycles. The lowest BCUT2D eigenvalue weighted by Crippen LogP contribution is -2.23. The van der Waals surface area contributed by atoms with Gasteiger partial charge in [-0.05, 0) is 65.2 Å². The first-order valence-electron chi connectivity index (χ1n) is 12.1. The molecule has 5 heterocycles. The summed E-state index contributed by atoms with van der Waals surface area (Å²) in [6.07, 6.45) is 6.10. The summed E-state index contributed by atoms with van der Waals surface area (Å²) >= 11 is 6.30. The normalized spacial score (nSPS) is 14.3. The number of nitrogens with zero attached hydrogens (tertiary/aromatic N) is 6. The van der Waals surface area contributed by atoms with Gasteiger partial charge in [0.25, 0.3) is 5.56 Å². The summed E-state index contributed by atoms with van der Waals surface area (Å²) < 4.78 is 3.30. The third kappa shape index (κ3) is 4.16. The maximum absolute atomic E-state index is 13.4. The van der Waals surface area contributed by atoms with E-state index >= 15 is 0 Å². The molecule has 3 N–H and O–H groups in total. The molecule has 0 bridgehead atoms. The van der Waals surface area contributed by atoms with Gasteiger partial charge >= 0.3 is 5.97 Å². The predicted molar refractivity (Wildman–Crippen MR) is 150 cm³/mol. The third-order valence-electron chi connectivity index (χ3n) is 7.13. The molecular weight excluding hydrogens is 555 g/mol. The van der Waals surface area contributed by atoms with Crippen molar-refractivity contribution in [2.75, 3.05) is 0 Å². The molecule has 13 heteroatoms. The van der Waals surface area contributed by atoms with Crippen molar-refractivity contribution in [1.82, 2.24) is 39.7 Å². The van der Waals surface area contributed by atoms with Gasteiger partial charge in [-0.25, -0.2) is 9.78 Å². The molecule has 7 rings (SSSR count). The van der Waals surface area contributed by atoms with Crippen molar-refractivity contribution in [3.63, 3.8) is 0 Å². The fraction of sp³-hybridized carbons (Fsp3) is 0.111. The second-order valence-electron chi connectivity index (χ2n) is 9.36. The van der Waals surface area contributed by atoms with Crippen LogP contribution in [0.15, 0.2) is 72.0 Å². The number of nitrogens with one attached hydrogen (secondary N) is 2. The van der Waals surface area contributed by atoms with Crippen LogP contribution in [0.4, 0.5) is 0 Å². The van der Waals surface area contributed by atoms with Crippen molar-refractivity contribution in [2.45, 2.75) is 18.9 Å². The second kappa shape index (κ2) is 9.78. The van der Waals surface area contributed by atoms with E-state index < -0.39 is 5.97 Å². The highest BCUT2D eigenvalue weighted by molar-refractivity contribution is 6.31. The van der Waals surface area contributed by atoms with E-state index in [4.69, 9.17) is 11.6 Å². The molecule has 0 radical (unpaired) electrons. The first-order chi connectivity index (χ1) is 19.0. The number of benzene rings is 2. The maximum Gasteiger partial charge on any atom is 0.337 e. The number of aryl methyl sites for hydroxylation is 1. The van der Waals surface area contributed by atoms with Crippen LogP contribution in [-0.4, -0.2) is 50.8 Å². The first kappa shape index (κ1) is 25.5. The average molecular weight is 575 g/mol. The lowest BCUT2D eigenvalue weighted by Gasteiger charge is -2.15. The number of carbonyl (C=O) groups is 1. The smallest absolute Gasteiger partial charge is 0.337 e. The minimum absolute atomic E-state index is 0. The van der Waals surface area contributed by atoms with Crippen LogP contribution < -0.4 is 5.56 Å². The van der Waals surface area contributed by atoms with Crippen molar-refractivity contribution < 1.29 is 9.90 Å². The third-order valence-corrected chi connectivity index (χ3v) is 7.37. The first-order valence-corrected chi connectivity index (χ1v) is 12.5. The Morgan fingerprint density at radius 2 is 1.98 bits per heavy atom. The number of hydrogen-bond donors (Lipinski definition) is 3. The van der Waals surface area contributed by atoms with E-state index in [2.05, 4.69) is 30.5 Å². The van der Waals surface area contributed by atoms with Crippen LogP contribution >= 0.6 is 24.0 Å². The monoisotopic (exact) mass is 574 g/mol. The summed E-state index contributed by atoms with van der Waals surface area (Å²) in [6, 6.07) is 14.3. The number of rotatable bonds is 5. The molecule has 1 aliphatic heterocycles. The Labute approximate surface area is 236 Å². The standard InChI is InChI=1S/C27H19ClN8O3.ClH/c28-16-2-5-23(35-13-31-33-34-35)18(10-16)15-7-17-3-6-24(36(17)25(37)9-15)26-30-12-22(32-26)14-1-4-21-19(8-14)20(11-29-21)27(38)39;/h1-2,4-5,7-13,24,29H,3,6H2,(H,30,32)(H,38,39);1H/t24-;/m0./s1. The fourth-order valence-corrected chi connectivity index (χ4v) is 5.51. The number of aromatic amines is 2. The quantitative estimate of drug-likeness (QED) is 0.271. The van der Waals surface area contributed by atoms with Crippen molar-refractivity contribution >= 4 is 40.9 Å². The molecule has 1 atom stereocenters. The van der Waals surface area contributed by atoms with Gasteiger partial charge in [-0.2, -0.15) is 4.68 Å². The lowest BCUT2D eigenvalue weighted by molar-refractivity contribution is 0.0699. The van der Waals surface area contributed by atoms with Crippen LogP contribution in [0, 0.1) is 0 Å². The molecule has 0 saturated carbocycles. The Hall–Kier alpha value is -4.74. The molecule has 0 aliphatic carbocycles. The topological polar surface area (TPSA) is 147 Å². The number of tetrazole rings is 1. The minimum Gasteiger partial charge on any atom is -0.478 e. The number of aromatic carboxylic acids is 1. The highest BCUT2D eigenvalue weighted by Crippen LogP contribution is 2.35. The average Bonchev–Trinajstić information content (AvgIpc) is 3.73. The van der Waals surface area contributed by atoms with E-state index in [1.165, 1.54) is 17.2 Å². The van der Waals surface area contributed by atoms with Crippen LogP contribution in [0.1, 0.15) is 34.3 Å². The van der Waals surface area contributed by atoms with Crippen LogP contribution in [-0.2, 0) is 6.42 Å². The van der Waals surface area contributed by atoms with Crippen molar-refractivity contribution in [2.24, 2.45) is 0 Å². The molecule has 40 heavy (non-hydrogen) atoms. The van der Waals surface area contributed by atoms with Crippen LogP contribution in [0.5, 0.6) is 0 Å². The van der Waals surface area contributed by atoms with Gasteiger partial charge in [0.1, 0.15) is 12.2 Å². The molecule has 11 nitrogen and oxygen atoms in total. The fourth-order valence-electron chi connectivity index (χ4n) is 5.34. The number of carboxylic acid groups (broad SMARTS) is 1. The molecule has 0 unspecified atom stereocenters. The molecule has 2 aromatic carbocycles. The van der Waals surface area contributed by atoms with Gasteiger partial charge in [0, 0.05) is 45.0 Å². The molecule has 1 aliphatic rings. The Morgan fingerprint density at radius 1 is 1.10 bits per heavy atom. The summed E-state index contributed by atoms with van der Waals surface area (Å²) in [4.78, 5) is 36.0. The number of halogens is 2. The van der Waals surface area contributed by atoms with E-state index in [1.807, 2.05) is 30.3 Å². The predicted octanol–water partition coefficient (Wildman–Crippen LogP) is 4.67. The number of H-pyrrole nitrogens is 2. The molecule has 200 valence electrons. The summed E-state index contributed by atoms with van der Waals surface area (Å²) in [5, 5.41) is 22.1. The molecule has 0 saturated heterocycles. The maximum atomic E-state index is 13.4. The van der Waals surface area contributed by atoms with E-state index in [9.17, 15) is 14.7 Å². The summed E-state index contributed by atoms with van der Waals surface area (Å²) in [7, 11) is 0. The van der Waals surface area contributed by atoms with Crippen LogP contribution in [0.25, 0.3) is 39.0 Å². The summed E-state index contributed by atoms with van der Waals surface area (Å²) in [6.45, 7) is 0. The SMILES string of the molecule is Cl.O=C(O)c1c[nH]c2ccc(-c3cnc([C@@H]4CCc5cc(-c6cc(Cl)ccc6-n6cnnn6)cc(=O)n54)[nH]3)cc12. The molecule has 0 amide bonds. The number of carboxylic acids is 1. The number of pyridine rings is 1. The van der Waals surface area contributed by atoms with E-state index in [0.717, 1.165) is 33.6 Å². The number of aromatic nitrogens is 8. The Balaban J connectivity index is 0.00000289. The lowest BCUT2D eigenvalue weighted by atomic mass is 10.0. The molecule has 0 spiro atoms. The zero-order valence-electron chi connectivity index (χ0n) is 20.6. The van der Waals surface area contributed by atoms with Crippen LogP contribution in [0.3, 0.4) is 0 Å². The summed E-state index contributed by atoms with van der Waals surface area (Å²) in [5.74, 6) is -0.323. The number of hydrogen-bond acceptors (Lipinski definition) is 6. The largest absolute Gasteiger partial charge is 0.478 e. The molecule has 0 fully saturated rings. The zero-order valence-corrected chi connectivity index (χ0v) is 22.1. The van der Waals surface area contributed by atoms with Gasteiger partial charge in [0.05, 0.1) is 29.2 Å². The second-order valence-corrected chi connectivity index (χ2v) is 9.80. The van der Waals surface area contributed by atoms with Gasteiger partial charge in [-0.15, -0.1) is 17.5 Å². The Morgan fingerprint density at radius 3 is 2.77 bits per heavy atom. The number of fused-ring (bicyclic) bond motifs is 2. The van der Waals surface area contributed by atoms with E-state index in [0.29, 0.717) is 34.8 Å². The van der Waals surface area contributed by atoms with E-state index in [1.54, 1.807) is 29.0 Å². The minimum atomic E-state index is -0.993. The van der Waals surface area contributed by atoms with Gasteiger partial charge in [0.2, 0.25) is 0 Å². The highest BCUT2D eigenvalue weighted by atomic mass is 35.5. The van der Waals surface area contributed by atoms with Crippen LogP contribution in [0.2, 0.25) is 5.02 Å². The zero-order chi connectivity index (χ0) is 26.7. The Bertz CT molecular complexity index is 1960. The van der Waals surface area contributed by atoms with E-state index in [-0.39, 0.29) is 29.6 Å².